The van der Waals surface area contributed by atoms with Gasteiger partial charge in [-0.25, -0.2) is 4.79 Å². The molecule has 1 aromatic heterocycles. The maximum atomic E-state index is 13.2. The van der Waals surface area contributed by atoms with Crippen LogP contribution in [0.1, 0.15) is 79.1 Å². The summed E-state index contributed by atoms with van der Waals surface area (Å²) in [5, 5.41) is 0.457. The zero-order valence-electron chi connectivity index (χ0n) is 17.9. The Labute approximate surface area is 175 Å². The molecular formula is C25H28O5. The molecule has 0 N–H and O–H groups in total. The summed E-state index contributed by atoms with van der Waals surface area (Å²) in [5.41, 5.74) is 2.51. The minimum atomic E-state index is -0.626. The fraction of sp³-hybridized carbons (Fsp3) is 0.560. The molecule has 0 radical (unpaired) electrons. The second-order valence-corrected chi connectivity index (χ2v) is 9.46. The fourth-order valence-electron chi connectivity index (χ4n) is 6.58. The SMILES string of the molecule is CCOC(=O)c1c(C)oc2cc3c(cc2c1=O)[C@H]1CC[C@]2(C)C(=O)CC[C@H]2[C@@H]1CC3. The number of hydrogen-bond acceptors (Lipinski definition) is 5. The molecule has 0 amide bonds. The van der Waals surface area contributed by atoms with E-state index in [4.69, 9.17) is 9.15 Å². The lowest BCUT2D eigenvalue weighted by Gasteiger charge is -2.48. The Morgan fingerprint density at radius 1 is 1.20 bits per heavy atom. The van der Waals surface area contributed by atoms with E-state index < -0.39 is 5.97 Å². The number of ether oxygens (including phenoxy) is 1. The van der Waals surface area contributed by atoms with Gasteiger partial charge in [0.05, 0.1) is 12.0 Å². The Bertz CT molecular complexity index is 1130. The smallest absolute Gasteiger partial charge is 0.345 e. The summed E-state index contributed by atoms with van der Waals surface area (Å²) < 4.78 is 11.0. The molecule has 3 aliphatic carbocycles. The first-order valence-corrected chi connectivity index (χ1v) is 11.2. The van der Waals surface area contributed by atoms with Crippen LogP contribution in [0, 0.1) is 24.2 Å². The molecule has 0 unspecified atom stereocenters. The van der Waals surface area contributed by atoms with Crippen molar-refractivity contribution in [2.24, 2.45) is 17.3 Å². The minimum absolute atomic E-state index is 0.00531. The van der Waals surface area contributed by atoms with Crippen molar-refractivity contribution in [1.82, 2.24) is 0 Å². The van der Waals surface area contributed by atoms with Crippen molar-refractivity contribution in [1.29, 1.82) is 0 Å². The molecule has 2 saturated carbocycles. The monoisotopic (exact) mass is 408 g/mol. The van der Waals surface area contributed by atoms with Crippen LogP contribution in [-0.4, -0.2) is 18.4 Å². The summed E-state index contributed by atoms with van der Waals surface area (Å²) in [6, 6.07) is 3.97. The highest BCUT2D eigenvalue weighted by Crippen LogP contribution is 2.59. The molecule has 5 rings (SSSR count). The Morgan fingerprint density at radius 2 is 2.00 bits per heavy atom. The van der Waals surface area contributed by atoms with E-state index in [-0.39, 0.29) is 23.0 Å². The molecule has 4 atom stereocenters. The number of carbonyl (C=O) groups is 2. The van der Waals surface area contributed by atoms with E-state index in [1.54, 1.807) is 13.8 Å². The van der Waals surface area contributed by atoms with Gasteiger partial charge in [0, 0.05) is 11.8 Å². The van der Waals surface area contributed by atoms with E-state index in [1.165, 1.54) is 11.1 Å². The predicted molar refractivity (Wildman–Crippen MR) is 113 cm³/mol. The summed E-state index contributed by atoms with van der Waals surface area (Å²) >= 11 is 0. The van der Waals surface area contributed by atoms with Gasteiger partial charge in [0.2, 0.25) is 5.43 Å². The zero-order chi connectivity index (χ0) is 21.2. The van der Waals surface area contributed by atoms with Crippen molar-refractivity contribution in [2.45, 2.75) is 65.2 Å². The largest absolute Gasteiger partial charge is 0.462 e. The molecule has 2 fully saturated rings. The van der Waals surface area contributed by atoms with E-state index in [0.29, 0.717) is 46.7 Å². The van der Waals surface area contributed by atoms with Gasteiger partial charge in [0.15, 0.2) is 0 Å². The van der Waals surface area contributed by atoms with Crippen LogP contribution in [0.25, 0.3) is 11.0 Å². The molecule has 1 heterocycles. The van der Waals surface area contributed by atoms with Crippen molar-refractivity contribution in [3.05, 3.63) is 44.8 Å². The predicted octanol–water partition coefficient (Wildman–Crippen LogP) is 4.70. The van der Waals surface area contributed by atoms with Gasteiger partial charge in [-0.05, 0) is 87.0 Å². The van der Waals surface area contributed by atoms with E-state index in [1.807, 2.05) is 12.1 Å². The molecule has 5 heteroatoms. The third-order valence-electron chi connectivity index (χ3n) is 8.10. The number of esters is 1. The van der Waals surface area contributed by atoms with Crippen LogP contribution < -0.4 is 5.43 Å². The lowest BCUT2D eigenvalue weighted by molar-refractivity contribution is -0.129. The van der Waals surface area contributed by atoms with Crippen LogP contribution >= 0.6 is 0 Å². The number of rotatable bonds is 2. The van der Waals surface area contributed by atoms with E-state index in [2.05, 4.69) is 6.92 Å². The lowest BCUT2D eigenvalue weighted by atomic mass is 9.55. The van der Waals surface area contributed by atoms with Crippen molar-refractivity contribution in [2.75, 3.05) is 6.61 Å². The maximum absolute atomic E-state index is 13.2. The third-order valence-corrected chi connectivity index (χ3v) is 8.10. The third kappa shape index (κ3) is 2.63. The Morgan fingerprint density at radius 3 is 2.77 bits per heavy atom. The van der Waals surface area contributed by atoms with Crippen LogP contribution in [0.2, 0.25) is 0 Å². The number of hydrogen-bond donors (Lipinski definition) is 0. The minimum Gasteiger partial charge on any atom is -0.462 e. The average molecular weight is 408 g/mol. The number of aryl methyl sites for hydroxylation is 2. The highest BCUT2D eigenvalue weighted by molar-refractivity contribution is 5.94. The number of fused-ring (bicyclic) bond motifs is 6. The van der Waals surface area contributed by atoms with Gasteiger partial charge in [-0.1, -0.05) is 6.92 Å². The Hall–Kier alpha value is -2.43. The molecule has 1 aromatic carbocycles. The first-order valence-electron chi connectivity index (χ1n) is 11.2. The molecule has 0 saturated heterocycles. The molecular weight excluding hydrogens is 380 g/mol. The molecule has 0 bridgehead atoms. The average Bonchev–Trinajstić information content (AvgIpc) is 3.01. The molecule has 0 aliphatic heterocycles. The summed E-state index contributed by atoms with van der Waals surface area (Å²) in [7, 11) is 0. The summed E-state index contributed by atoms with van der Waals surface area (Å²) in [6.45, 7) is 5.74. The van der Waals surface area contributed by atoms with E-state index >= 15 is 0 Å². The van der Waals surface area contributed by atoms with Gasteiger partial charge >= 0.3 is 5.97 Å². The number of carbonyl (C=O) groups excluding carboxylic acids is 2. The van der Waals surface area contributed by atoms with Crippen LogP contribution in [0.15, 0.2) is 21.3 Å². The topological polar surface area (TPSA) is 73.6 Å². The standard InChI is InChI=1S/C25H28O5/c1-4-29-24(28)22-13(2)30-20-11-14-5-6-16-15(17(14)12-18(20)23(22)27)9-10-25(3)19(16)7-8-21(25)26/h11-12,15-16,19H,4-10H2,1-3H3/t15-,16+,19-,25-/m0/s1. The van der Waals surface area contributed by atoms with Gasteiger partial charge in [-0.3, -0.25) is 9.59 Å². The molecule has 30 heavy (non-hydrogen) atoms. The second kappa shape index (κ2) is 6.79. The normalized spacial score (nSPS) is 30.0. The van der Waals surface area contributed by atoms with E-state index in [9.17, 15) is 14.4 Å². The Kier molecular flexibility index (Phi) is 4.42. The number of benzene rings is 1. The molecule has 158 valence electrons. The lowest BCUT2D eigenvalue weighted by Crippen LogP contribution is -2.42. The molecule has 5 nitrogen and oxygen atoms in total. The quantitative estimate of drug-likeness (QED) is 0.673. The van der Waals surface area contributed by atoms with Crippen molar-refractivity contribution >= 4 is 22.7 Å². The van der Waals surface area contributed by atoms with Crippen LogP contribution in [0.5, 0.6) is 0 Å². The van der Waals surface area contributed by atoms with Gasteiger partial charge in [-0.2, -0.15) is 0 Å². The number of ketones is 1. The summed E-state index contributed by atoms with van der Waals surface area (Å²) in [4.78, 5) is 38.1. The number of Topliss-reactive ketones (excluding diaryl/α,β-unsaturated/α-hetero) is 1. The molecule has 0 spiro atoms. The van der Waals surface area contributed by atoms with Gasteiger partial charge in [0.25, 0.3) is 0 Å². The maximum Gasteiger partial charge on any atom is 0.345 e. The van der Waals surface area contributed by atoms with Crippen molar-refractivity contribution in [3.63, 3.8) is 0 Å². The van der Waals surface area contributed by atoms with Crippen LogP contribution in [-0.2, 0) is 16.0 Å². The molecule has 3 aliphatic rings. The van der Waals surface area contributed by atoms with E-state index in [0.717, 1.165) is 32.1 Å². The highest BCUT2D eigenvalue weighted by Gasteiger charge is 2.54. The summed E-state index contributed by atoms with van der Waals surface area (Å²) in [6.07, 6.45) is 5.63. The van der Waals surface area contributed by atoms with Crippen LogP contribution in [0.3, 0.4) is 0 Å². The first kappa shape index (κ1) is 19.5. The second-order valence-electron chi connectivity index (χ2n) is 9.46. The van der Waals surface area contributed by atoms with Gasteiger partial charge < -0.3 is 9.15 Å². The summed E-state index contributed by atoms with van der Waals surface area (Å²) in [5.74, 6) is 1.41. The van der Waals surface area contributed by atoms with Gasteiger partial charge in [-0.15, -0.1) is 0 Å². The highest BCUT2D eigenvalue weighted by atomic mass is 16.5. The Balaban J connectivity index is 1.62. The fourth-order valence-corrected chi connectivity index (χ4v) is 6.58. The molecule has 2 aromatic rings. The zero-order valence-corrected chi connectivity index (χ0v) is 17.9. The van der Waals surface area contributed by atoms with Gasteiger partial charge in [0.1, 0.15) is 22.7 Å². The first-order chi connectivity index (χ1) is 14.3. The van der Waals surface area contributed by atoms with Crippen LogP contribution in [0.4, 0.5) is 0 Å². The van der Waals surface area contributed by atoms with Crippen molar-refractivity contribution in [3.8, 4) is 0 Å². The van der Waals surface area contributed by atoms with Crippen molar-refractivity contribution < 1.29 is 18.7 Å².